The molecule has 0 spiro atoms. The Bertz CT molecular complexity index is 454. The highest BCUT2D eigenvalue weighted by Crippen LogP contribution is 2.26. The zero-order valence-corrected chi connectivity index (χ0v) is 10.7. The molecular formula is C13H17NO4. The van der Waals surface area contributed by atoms with Gasteiger partial charge in [-0.05, 0) is 24.5 Å². The van der Waals surface area contributed by atoms with Crippen LogP contribution in [0.1, 0.15) is 42.6 Å². The highest BCUT2D eigenvalue weighted by Gasteiger charge is 2.18. The topological polar surface area (TPSA) is 75.6 Å². The van der Waals surface area contributed by atoms with Crippen LogP contribution in [0.2, 0.25) is 0 Å². The first-order valence-electron chi connectivity index (χ1n) is 5.77. The van der Waals surface area contributed by atoms with Crippen LogP contribution in [-0.4, -0.2) is 23.8 Å². The van der Waals surface area contributed by atoms with Crippen LogP contribution >= 0.6 is 0 Å². The lowest BCUT2D eigenvalue weighted by atomic mass is 9.96. The number of hydrogen-bond donors (Lipinski definition) is 2. The molecule has 0 atom stereocenters. The van der Waals surface area contributed by atoms with Gasteiger partial charge in [-0.1, -0.05) is 26.0 Å². The summed E-state index contributed by atoms with van der Waals surface area (Å²) in [6.07, 6.45) is -0.652. The highest BCUT2D eigenvalue weighted by molar-refractivity contribution is 6.00. The summed E-state index contributed by atoms with van der Waals surface area (Å²) in [5.41, 5.74) is 1.05. The summed E-state index contributed by atoms with van der Waals surface area (Å²) >= 11 is 0. The van der Waals surface area contributed by atoms with Crippen molar-refractivity contribution in [2.45, 2.75) is 26.7 Å². The molecule has 5 heteroatoms. The third-order valence-electron chi connectivity index (χ3n) is 2.44. The summed E-state index contributed by atoms with van der Waals surface area (Å²) in [6, 6.07) is 5.00. The number of anilines is 1. The van der Waals surface area contributed by atoms with Crippen LogP contribution in [0.5, 0.6) is 0 Å². The molecule has 1 aromatic carbocycles. The summed E-state index contributed by atoms with van der Waals surface area (Å²) in [5.74, 6) is -1.01. The Kier molecular flexibility index (Phi) is 4.71. The third kappa shape index (κ3) is 3.23. The molecule has 0 aromatic heterocycles. The zero-order chi connectivity index (χ0) is 13.7. The van der Waals surface area contributed by atoms with E-state index < -0.39 is 12.1 Å². The molecule has 1 aromatic rings. The molecule has 0 aliphatic heterocycles. The number of hydrogen-bond acceptors (Lipinski definition) is 3. The van der Waals surface area contributed by atoms with E-state index in [-0.39, 0.29) is 23.8 Å². The Balaban J connectivity index is 3.15. The standard InChI is InChI=1S/C13H17NO4/c1-4-18-13(17)14-10-7-5-6-9(8(2)3)11(10)12(15)16/h5-8H,4H2,1-3H3,(H,14,17)(H,15,16). The summed E-state index contributed by atoms with van der Waals surface area (Å²) in [7, 11) is 0. The number of carboxylic acid groups (broad SMARTS) is 1. The first-order valence-corrected chi connectivity index (χ1v) is 5.77. The molecule has 1 amide bonds. The van der Waals surface area contributed by atoms with Gasteiger partial charge in [-0.25, -0.2) is 9.59 Å². The average Bonchev–Trinajstić information content (AvgIpc) is 2.28. The van der Waals surface area contributed by atoms with E-state index in [1.54, 1.807) is 25.1 Å². The number of rotatable bonds is 4. The van der Waals surface area contributed by atoms with Crippen LogP contribution in [0.15, 0.2) is 18.2 Å². The Morgan fingerprint density at radius 1 is 1.39 bits per heavy atom. The second-order valence-corrected chi connectivity index (χ2v) is 4.08. The molecule has 1 rings (SSSR count). The fraction of sp³-hybridized carbons (Fsp3) is 0.385. The summed E-state index contributed by atoms with van der Waals surface area (Å²) in [5, 5.41) is 11.7. The molecule has 18 heavy (non-hydrogen) atoms. The minimum Gasteiger partial charge on any atom is -0.478 e. The minimum absolute atomic E-state index is 0.0556. The van der Waals surface area contributed by atoms with Gasteiger partial charge in [0.25, 0.3) is 0 Å². The quantitative estimate of drug-likeness (QED) is 0.862. The van der Waals surface area contributed by atoms with E-state index in [4.69, 9.17) is 4.74 Å². The van der Waals surface area contributed by atoms with Crippen LogP contribution in [0.3, 0.4) is 0 Å². The zero-order valence-electron chi connectivity index (χ0n) is 10.7. The first kappa shape index (κ1) is 14.0. The number of carbonyl (C=O) groups is 2. The van der Waals surface area contributed by atoms with Gasteiger partial charge in [0.2, 0.25) is 0 Å². The number of nitrogens with one attached hydrogen (secondary N) is 1. The van der Waals surface area contributed by atoms with Gasteiger partial charge in [0.1, 0.15) is 0 Å². The van der Waals surface area contributed by atoms with Gasteiger partial charge in [0.05, 0.1) is 17.9 Å². The molecule has 5 nitrogen and oxygen atoms in total. The van der Waals surface area contributed by atoms with Crippen LogP contribution in [-0.2, 0) is 4.74 Å². The van der Waals surface area contributed by atoms with E-state index in [0.717, 1.165) is 0 Å². The molecule has 0 saturated carbocycles. The molecule has 0 aliphatic rings. The van der Waals surface area contributed by atoms with Gasteiger partial charge in [0.15, 0.2) is 0 Å². The molecule has 0 saturated heterocycles. The van der Waals surface area contributed by atoms with Gasteiger partial charge in [-0.3, -0.25) is 5.32 Å². The molecule has 0 aliphatic carbocycles. The highest BCUT2D eigenvalue weighted by atomic mass is 16.5. The van der Waals surface area contributed by atoms with E-state index in [1.807, 2.05) is 13.8 Å². The van der Waals surface area contributed by atoms with Gasteiger partial charge < -0.3 is 9.84 Å². The van der Waals surface area contributed by atoms with E-state index in [2.05, 4.69) is 5.32 Å². The van der Waals surface area contributed by atoms with E-state index in [9.17, 15) is 14.7 Å². The second kappa shape index (κ2) is 6.05. The van der Waals surface area contributed by atoms with Crippen molar-refractivity contribution >= 4 is 17.7 Å². The van der Waals surface area contributed by atoms with Crippen molar-refractivity contribution in [3.8, 4) is 0 Å². The maximum atomic E-state index is 11.3. The third-order valence-corrected chi connectivity index (χ3v) is 2.44. The first-order chi connectivity index (χ1) is 8.47. The molecule has 0 heterocycles. The number of amides is 1. The molecule has 98 valence electrons. The number of carbonyl (C=O) groups excluding carboxylic acids is 1. The number of benzene rings is 1. The van der Waals surface area contributed by atoms with E-state index in [1.165, 1.54) is 0 Å². The Hall–Kier alpha value is -2.04. The van der Waals surface area contributed by atoms with Gasteiger partial charge in [-0.2, -0.15) is 0 Å². The molecule has 0 bridgehead atoms. The van der Waals surface area contributed by atoms with Crippen LogP contribution in [0, 0.1) is 0 Å². The Morgan fingerprint density at radius 2 is 2.06 bits per heavy atom. The molecule has 0 unspecified atom stereocenters. The van der Waals surface area contributed by atoms with Crippen molar-refractivity contribution in [1.29, 1.82) is 0 Å². The minimum atomic E-state index is -1.06. The van der Waals surface area contributed by atoms with Crippen molar-refractivity contribution in [2.75, 3.05) is 11.9 Å². The van der Waals surface area contributed by atoms with E-state index in [0.29, 0.717) is 5.56 Å². The van der Waals surface area contributed by atoms with Gasteiger partial charge in [0, 0.05) is 0 Å². The van der Waals surface area contributed by atoms with Gasteiger partial charge in [-0.15, -0.1) is 0 Å². The monoisotopic (exact) mass is 251 g/mol. The molecule has 2 N–H and O–H groups in total. The van der Waals surface area contributed by atoms with Crippen molar-refractivity contribution < 1.29 is 19.4 Å². The lowest BCUT2D eigenvalue weighted by molar-refractivity contribution is 0.0696. The maximum absolute atomic E-state index is 11.3. The van der Waals surface area contributed by atoms with Crippen LogP contribution in [0.4, 0.5) is 10.5 Å². The molecule has 0 fully saturated rings. The second-order valence-electron chi connectivity index (χ2n) is 4.08. The number of aromatic carboxylic acids is 1. The van der Waals surface area contributed by atoms with Gasteiger partial charge >= 0.3 is 12.1 Å². The summed E-state index contributed by atoms with van der Waals surface area (Å²) < 4.78 is 4.74. The van der Waals surface area contributed by atoms with E-state index >= 15 is 0 Å². The molecule has 0 radical (unpaired) electrons. The fourth-order valence-corrected chi connectivity index (χ4v) is 1.67. The molecular weight excluding hydrogens is 234 g/mol. The van der Waals surface area contributed by atoms with Crippen LogP contribution in [0.25, 0.3) is 0 Å². The average molecular weight is 251 g/mol. The predicted molar refractivity (Wildman–Crippen MR) is 68.1 cm³/mol. The summed E-state index contributed by atoms with van der Waals surface area (Å²) in [4.78, 5) is 22.6. The normalized spacial score (nSPS) is 10.2. The number of ether oxygens (including phenoxy) is 1. The van der Waals surface area contributed by atoms with Crippen molar-refractivity contribution in [3.63, 3.8) is 0 Å². The number of carboxylic acids is 1. The SMILES string of the molecule is CCOC(=O)Nc1cccc(C(C)C)c1C(=O)O. The van der Waals surface area contributed by atoms with Crippen molar-refractivity contribution in [1.82, 2.24) is 0 Å². The van der Waals surface area contributed by atoms with Crippen LogP contribution < -0.4 is 5.32 Å². The Labute approximate surface area is 106 Å². The lowest BCUT2D eigenvalue weighted by Gasteiger charge is -2.14. The Morgan fingerprint density at radius 3 is 2.56 bits per heavy atom. The fourth-order valence-electron chi connectivity index (χ4n) is 1.67. The van der Waals surface area contributed by atoms with Crippen molar-refractivity contribution in [3.05, 3.63) is 29.3 Å². The predicted octanol–water partition coefficient (Wildman–Crippen LogP) is 3.08. The summed E-state index contributed by atoms with van der Waals surface area (Å²) in [6.45, 7) is 5.71. The van der Waals surface area contributed by atoms with Crippen molar-refractivity contribution in [2.24, 2.45) is 0 Å². The largest absolute Gasteiger partial charge is 0.478 e. The smallest absolute Gasteiger partial charge is 0.411 e. The maximum Gasteiger partial charge on any atom is 0.411 e. The lowest BCUT2D eigenvalue weighted by Crippen LogP contribution is -2.17.